The van der Waals surface area contributed by atoms with Crippen LogP contribution in [0.15, 0.2) is 144 Å². The van der Waals surface area contributed by atoms with Gasteiger partial charge in [-0.1, -0.05) is 116 Å². The van der Waals surface area contributed by atoms with Gasteiger partial charge in [0.15, 0.2) is 12.3 Å². The van der Waals surface area contributed by atoms with Crippen LogP contribution in [0.3, 0.4) is 0 Å². The first kappa shape index (κ1) is 46.1. The molecule has 0 spiro atoms. The molecule has 7 nitrogen and oxygen atoms in total. The van der Waals surface area contributed by atoms with Crippen molar-refractivity contribution in [1.29, 1.82) is 0 Å². The molecule has 0 radical (unpaired) electrons. The Bertz CT molecular complexity index is 2550. The molecule has 0 atom stereocenters. The summed E-state index contributed by atoms with van der Waals surface area (Å²) in [6, 6.07) is 34.7. The van der Waals surface area contributed by atoms with Crippen LogP contribution in [-0.4, -0.2) is 51.7 Å². The molecule has 4 aromatic rings. The van der Waals surface area contributed by atoms with Crippen molar-refractivity contribution < 1.29 is 23.6 Å². The van der Waals surface area contributed by atoms with Crippen molar-refractivity contribution in [3.8, 4) is 0 Å². The van der Waals surface area contributed by atoms with Crippen LogP contribution >= 0.6 is 0 Å². The molecule has 1 aliphatic carbocycles. The quantitative estimate of drug-likeness (QED) is 0.149. The lowest BCUT2D eigenvalue weighted by atomic mass is 9.80. The van der Waals surface area contributed by atoms with Crippen molar-refractivity contribution in [2.45, 2.75) is 131 Å². The highest BCUT2D eigenvalue weighted by molar-refractivity contribution is 6.03. The smallest absolute Gasteiger partial charge is 0.424 e. The minimum atomic E-state index is -0.859. The van der Waals surface area contributed by atoms with E-state index in [0.29, 0.717) is 18.5 Å². The largest absolute Gasteiger partial charge is 0.443 e. The summed E-state index contributed by atoms with van der Waals surface area (Å²) in [7, 11) is 0. The van der Waals surface area contributed by atoms with Crippen LogP contribution in [0.25, 0.3) is 0 Å². The van der Waals surface area contributed by atoms with Gasteiger partial charge in [-0.3, -0.25) is 0 Å². The molecule has 0 fully saturated rings. The number of nitrogens with zero attached hydrogens (tertiary/aromatic N) is 3. The van der Waals surface area contributed by atoms with E-state index in [9.17, 15) is 9.59 Å². The molecule has 0 N–H and O–H groups in total. The first-order valence-corrected chi connectivity index (χ1v) is 23.0. The summed E-state index contributed by atoms with van der Waals surface area (Å²) in [6.07, 6.45) is 10.1. The summed E-state index contributed by atoms with van der Waals surface area (Å²) in [4.78, 5) is 32.5. The van der Waals surface area contributed by atoms with Crippen molar-refractivity contribution >= 4 is 29.3 Å². The number of ether oxygens (including phenoxy) is 2. The fourth-order valence-electron chi connectivity index (χ4n) is 9.39. The Morgan fingerprint density at radius 3 is 1.84 bits per heavy atom. The van der Waals surface area contributed by atoms with Gasteiger partial charge >= 0.3 is 12.2 Å². The molecule has 2 amide bonds. The van der Waals surface area contributed by atoms with E-state index in [1.54, 1.807) is 0 Å². The van der Waals surface area contributed by atoms with E-state index in [1.807, 2.05) is 41.5 Å². The van der Waals surface area contributed by atoms with Gasteiger partial charge in [-0.2, -0.15) is 9.48 Å². The normalized spacial score (nSPS) is 18.0. The SMILES string of the molecule is Cc1ccc2c(c1)C(C)(C)C(/C=C/C1=C(N(C(=O)OC(C)(C)C)C(=O)OC(C)(C)C)C(=C/C=C3\N(CCc4ccccc4)c4ccc(C)cc4C3(C)C)/CC1)=[N+]2CCc1ccccc1. The number of carbonyl (C=O) groups excluding carboxylic acids is 2. The minimum Gasteiger partial charge on any atom is -0.443 e. The lowest BCUT2D eigenvalue weighted by molar-refractivity contribution is -0.436. The first-order valence-electron chi connectivity index (χ1n) is 23.0. The predicted octanol–water partition coefficient (Wildman–Crippen LogP) is 13.5. The van der Waals surface area contributed by atoms with E-state index in [4.69, 9.17) is 9.47 Å². The number of hydrogen-bond donors (Lipinski definition) is 0. The van der Waals surface area contributed by atoms with E-state index in [-0.39, 0.29) is 10.8 Å². The minimum absolute atomic E-state index is 0.308. The molecule has 2 aliphatic heterocycles. The third-order valence-electron chi connectivity index (χ3n) is 12.6. The van der Waals surface area contributed by atoms with Gasteiger partial charge in [-0.05, 0) is 135 Å². The molecule has 7 rings (SSSR count). The van der Waals surface area contributed by atoms with Crippen LogP contribution in [0.1, 0.15) is 115 Å². The Morgan fingerprint density at radius 1 is 0.688 bits per heavy atom. The van der Waals surface area contributed by atoms with E-state index in [1.165, 1.54) is 44.8 Å². The van der Waals surface area contributed by atoms with Gasteiger partial charge in [0.05, 0.1) is 11.1 Å². The van der Waals surface area contributed by atoms with Crippen molar-refractivity contribution in [3.05, 3.63) is 177 Å². The molecule has 0 unspecified atom stereocenters. The van der Waals surface area contributed by atoms with Gasteiger partial charge in [-0.25, -0.2) is 9.59 Å². The molecular formula is C57H68N3O4+. The number of allylic oxidation sites excluding steroid dienone is 7. The zero-order chi connectivity index (χ0) is 46.2. The summed E-state index contributed by atoms with van der Waals surface area (Å²) in [6.45, 7) is 25.9. The van der Waals surface area contributed by atoms with Gasteiger partial charge in [0.1, 0.15) is 11.2 Å². The molecule has 3 aliphatic rings. The van der Waals surface area contributed by atoms with Gasteiger partial charge in [0, 0.05) is 47.5 Å². The predicted molar refractivity (Wildman–Crippen MR) is 262 cm³/mol. The summed E-state index contributed by atoms with van der Waals surface area (Å²) in [5, 5.41) is 0. The van der Waals surface area contributed by atoms with E-state index in [2.05, 4.69) is 172 Å². The van der Waals surface area contributed by atoms with E-state index < -0.39 is 23.4 Å². The van der Waals surface area contributed by atoms with Crippen molar-refractivity contribution in [1.82, 2.24) is 4.90 Å². The highest BCUT2D eigenvalue weighted by Crippen LogP contribution is 2.49. The van der Waals surface area contributed by atoms with Crippen LogP contribution in [-0.2, 0) is 33.1 Å². The third-order valence-corrected chi connectivity index (χ3v) is 12.6. The van der Waals surface area contributed by atoms with Crippen LogP contribution in [0, 0.1) is 13.8 Å². The summed E-state index contributed by atoms with van der Waals surface area (Å²) in [5.74, 6) is 0. The lowest BCUT2D eigenvalue weighted by Crippen LogP contribution is -2.43. The Morgan fingerprint density at radius 2 is 1.25 bits per heavy atom. The average molecular weight is 859 g/mol. The number of fused-ring (bicyclic) bond motifs is 2. The number of amides is 2. The number of rotatable bonds is 10. The molecule has 0 aromatic heterocycles. The first-order chi connectivity index (χ1) is 30.1. The van der Waals surface area contributed by atoms with Crippen molar-refractivity contribution in [3.63, 3.8) is 0 Å². The molecule has 64 heavy (non-hydrogen) atoms. The molecule has 2 heterocycles. The van der Waals surface area contributed by atoms with E-state index >= 15 is 0 Å². The van der Waals surface area contributed by atoms with Crippen LogP contribution < -0.4 is 4.90 Å². The number of imide groups is 1. The maximum atomic E-state index is 14.5. The zero-order valence-corrected chi connectivity index (χ0v) is 40.3. The molecule has 0 saturated carbocycles. The van der Waals surface area contributed by atoms with Gasteiger partial charge in [0.25, 0.3) is 0 Å². The van der Waals surface area contributed by atoms with Crippen LogP contribution in [0.5, 0.6) is 0 Å². The maximum absolute atomic E-state index is 14.5. The standard InChI is InChI=1S/C57H68N3O4/c1-39-23-29-47-45(37-39)56(9,10)49(58(47)35-33-41-19-15-13-16-20-41)31-27-43-25-26-44(51(43)60(52(61)63-54(3,4)5)53(62)64-55(6,7)8)28-32-50-57(11,12)46-38-40(2)24-30-48(46)59(50)36-34-42-21-17-14-18-22-42/h13-24,27-32,37-38H,25-26,33-36H2,1-12H3/q+1. The number of carbonyl (C=O) groups is 2. The Balaban J connectivity index is 1.38. The Labute approximate surface area is 382 Å². The second-order valence-corrected chi connectivity index (χ2v) is 20.7. The molecule has 0 saturated heterocycles. The summed E-state index contributed by atoms with van der Waals surface area (Å²) in [5.41, 5.74) is 12.2. The number of hydrogen-bond acceptors (Lipinski definition) is 5. The van der Waals surface area contributed by atoms with Crippen LogP contribution in [0.2, 0.25) is 0 Å². The van der Waals surface area contributed by atoms with Gasteiger partial charge in [-0.15, -0.1) is 0 Å². The second kappa shape index (κ2) is 17.9. The van der Waals surface area contributed by atoms with E-state index in [0.717, 1.165) is 53.4 Å². The highest BCUT2D eigenvalue weighted by atomic mass is 16.6. The molecule has 4 aromatic carbocycles. The maximum Gasteiger partial charge on any atom is 0.424 e. The van der Waals surface area contributed by atoms with Crippen molar-refractivity contribution in [2.75, 3.05) is 18.0 Å². The fourth-order valence-corrected chi connectivity index (χ4v) is 9.39. The Hall–Kier alpha value is -5.95. The molecule has 7 heteroatoms. The number of benzene rings is 4. The summed E-state index contributed by atoms with van der Waals surface area (Å²) >= 11 is 0. The summed E-state index contributed by atoms with van der Waals surface area (Å²) < 4.78 is 14.5. The zero-order valence-electron chi connectivity index (χ0n) is 40.3. The Kier molecular flexibility index (Phi) is 12.9. The highest BCUT2D eigenvalue weighted by Gasteiger charge is 2.45. The topological polar surface area (TPSA) is 62.1 Å². The lowest BCUT2D eigenvalue weighted by Gasteiger charge is -2.30. The third kappa shape index (κ3) is 9.89. The van der Waals surface area contributed by atoms with Gasteiger partial charge < -0.3 is 14.4 Å². The van der Waals surface area contributed by atoms with Crippen molar-refractivity contribution in [2.24, 2.45) is 0 Å². The van der Waals surface area contributed by atoms with Gasteiger partial charge in [0.2, 0.25) is 5.69 Å². The fraction of sp³-hybridized carbons (Fsp3) is 0.386. The molecular weight excluding hydrogens is 791 g/mol. The van der Waals surface area contributed by atoms with Crippen LogP contribution in [0.4, 0.5) is 21.0 Å². The molecule has 334 valence electrons. The molecule has 0 bridgehead atoms. The average Bonchev–Trinajstić information content (AvgIpc) is 3.77. The number of aryl methyl sites for hydroxylation is 2. The monoisotopic (exact) mass is 859 g/mol. The number of anilines is 1. The second-order valence-electron chi connectivity index (χ2n) is 20.7.